The number of hydrogen-bond donors (Lipinski definition) is 1. The summed E-state index contributed by atoms with van der Waals surface area (Å²) in [5.41, 5.74) is 2.49. The van der Waals surface area contributed by atoms with Gasteiger partial charge in [0.2, 0.25) is 0 Å². The molecule has 33 heavy (non-hydrogen) atoms. The lowest BCUT2D eigenvalue weighted by atomic mass is 9.96. The van der Waals surface area contributed by atoms with Crippen molar-refractivity contribution in [2.75, 3.05) is 31.1 Å². The molecule has 1 saturated carbocycles. The molecular formula is C26H33N5OS. The number of rotatable bonds is 4. The van der Waals surface area contributed by atoms with Crippen LogP contribution in [-0.4, -0.2) is 53.1 Å². The largest absolute Gasteiger partial charge is 0.352 e. The van der Waals surface area contributed by atoms with Gasteiger partial charge in [-0.05, 0) is 37.8 Å². The summed E-state index contributed by atoms with van der Waals surface area (Å²) in [5, 5.41) is 4.44. The Morgan fingerprint density at radius 1 is 1.03 bits per heavy atom. The number of hydrogen-bond acceptors (Lipinski definition) is 5. The van der Waals surface area contributed by atoms with Gasteiger partial charge in [-0.1, -0.05) is 49.6 Å². The molecule has 2 aliphatic rings. The van der Waals surface area contributed by atoms with Crippen LogP contribution in [0.15, 0.2) is 30.3 Å². The minimum atomic E-state index is 0.0988. The molecule has 174 valence electrons. The molecule has 1 N–H and O–H groups in total. The molecule has 1 aliphatic carbocycles. The quantitative estimate of drug-likeness (QED) is 0.587. The van der Waals surface area contributed by atoms with E-state index in [1.807, 2.05) is 11.0 Å². The number of thiophene rings is 1. The Morgan fingerprint density at radius 2 is 1.76 bits per heavy atom. The lowest BCUT2D eigenvalue weighted by Crippen LogP contribution is -2.54. The van der Waals surface area contributed by atoms with E-state index in [1.165, 1.54) is 40.7 Å². The van der Waals surface area contributed by atoms with Gasteiger partial charge in [-0.25, -0.2) is 14.8 Å². The summed E-state index contributed by atoms with van der Waals surface area (Å²) >= 11 is 1.75. The van der Waals surface area contributed by atoms with E-state index in [0.717, 1.165) is 61.9 Å². The van der Waals surface area contributed by atoms with Gasteiger partial charge in [0.25, 0.3) is 0 Å². The summed E-state index contributed by atoms with van der Waals surface area (Å²) in [6.07, 6.45) is 6.72. The fourth-order valence-corrected chi connectivity index (χ4v) is 6.03. The van der Waals surface area contributed by atoms with Gasteiger partial charge in [-0.2, -0.15) is 0 Å². The summed E-state index contributed by atoms with van der Waals surface area (Å²) in [6, 6.07) is 10.9. The number of fused-ring (bicyclic) bond motifs is 1. The highest BCUT2D eigenvalue weighted by Gasteiger charge is 2.27. The Labute approximate surface area is 200 Å². The molecule has 5 rings (SSSR count). The summed E-state index contributed by atoms with van der Waals surface area (Å²) in [6.45, 7) is 7.37. The molecule has 3 heterocycles. The third-order valence-electron chi connectivity index (χ3n) is 7.06. The number of piperazine rings is 1. The van der Waals surface area contributed by atoms with Crippen molar-refractivity contribution >= 4 is 33.4 Å². The number of urea groups is 1. The second-order valence-corrected chi connectivity index (χ2v) is 10.6. The average molecular weight is 464 g/mol. The van der Waals surface area contributed by atoms with Crippen molar-refractivity contribution in [1.29, 1.82) is 0 Å². The smallest absolute Gasteiger partial charge is 0.317 e. The molecule has 0 atom stereocenters. The molecule has 6 nitrogen and oxygen atoms in total. The molecule has 3 aromatic rings. The summed E-state index contributed by atoms with van der Waals surface area (Å²) in [5.74, 6) is 1.89. The van der Waals surface area contributed by atoms with E-state index in [9.17, 15) is 4.79 Å². The van der Waals surface area contributed by atoms with E-state index in [0.29, 0.717) is 6.04 Å². The second-order valence-electron chi connectivity index (χ2n) is 9.35. The molecular weight excluding hydrogens is 430 g/mol. The van der Waals surface area contributed by atoms with E-state index in [4.69, 9.17) is 9.97 Å². The molecule has 0 spiro atoms. The molecule has 7 heteroatoms. The number of nitrogens with zero attached hydrogens (tertiary/aromatic N) is 4. The van der Waals surface area contributed by atoms with Crippen molar-refractivity contribution in [3.8, 4) is 0 Å². The summed E-state index contributed by atoms with van der Waals surface area (Å²) in [4.78, 5) is 29.5. The van der Waals surface area contributed by atoms with Crippen molar-refractivity contribution in [2.45, 2.75) is 58.4 Å². The van der Waals surface area contributed by atoms with Crippen LogP contribution in [0.5, 0.6) is 0 Å². The molecule has 2 aromatic heterocycles. The maximum absolute atomic E-state index is 12.8. The first-order chi connectivity index (χ1) is 16.1. The van der Waals surface area contributed by atoms with Crippen LogP contribution >= 0.6 is 11.3 Å². The van der Waals surface area contributed by atoms with Gasteiger partial charge < -0.3 is 15.1 Å². The van der Waals surface area contributed by atoms with Crippen molar-refractivity contribution in [3.63, 3.8) is 0 Å². The number of benzene rings is 1. The first-order valence-electron chi connectivity index (χ1n) is 12.2. The fourth-order valence-electron chi connectivity index (χ4n) is 4.99. The van der Waals surface area contributed by atoms with Gasteiger partial charge in [0.15, 0.2) is 0 Å². The van der Waals surface area contributed by atoms with E-state index in [2.05, 4.69) is 48.3 Å². The Bertz CT molecular complexity index is 1110. The Kier molecular flexibility index (Phi) is 6.49. The number of carbonyl (C=O) groups is 1. The molecule has 2 amide bonds. The molecule has 2 fully saturated rings. The zero-order valence-electron chi connectivity index (χ0n) is 19.6. The van der Waals surface area contributed by atoms with E-state index < -0.39 is 0 Å². The lowest BCUT2D eigenvalue weighted by molar-refractivity contribution is 0.186. The van der Waals surface area contributed by atoms with Crippen LogP contribution < -0.4 is 10.2 Å². The highest BCUT2D eigenvalue weighted by atomic mass is 32.1. The van der Waals surface area contributed by atoms with Gasteiger partial charge in [-0.15, -0.1) is 11.3 Å². The van der Waals surface area contributed by atoms with Gasteiger partial charge in [0.05, 0.1) is 5.39 Å². The predicted molar refractivity (Wildman–Crippen MR) is 135 cm³/mol. The maximum Gasteiger partial charge on any atom is 0.317 e. The molecule has 1 saturated heterocycles. The standard InChI is InChI=1S/C26H33N5OS/c1-18-19(2)33-25-23(18)24(28-22(29-25)17-20-9-5-3-6-10-20)30-13-15-31(16-14-30)26(32)27-21-11-7-4-8-12-21/h3,5-6,9-10,21H,4,7-8,11-17H2,1-2H3,(H,27,32). The molecule has 0 unspecified atom stereocenters. The Hall–Kier alpha value is -2.67. The molecule has 1 aromatic carbocycles. The third-order valence-corrected chi connectivity index (χ3v) is 8.16. The molecule has 0 radical (unpaired) electrons. The number of carbonyl (C=O) groups excluding carboxylic acids is 1. The second kappa shape index (κ2) is 9.67. The average Bonchev–Trinajstić information content (AvgIpc) is 3.13. The van der Waals surface area contributed by atoms with E-state index >= 15 is 0 Å². The van der Waals surface area contributed by atoms with Gasteiger partial charge in [0, 0.05) is 43.5 Å². The minimum Gasteiger partial charge on any atom is -0.352 e. The van der Waals surface area contributed by atoms with Gasteiger partial charge in [-0.3, -0.25) is 0 Å². The van der Waals surface area contributed by atoms with Crippen molar-refractivity contribution < 1.29 is 4.79 Å². The maximum atomic E-state index is 12.8. The highest BCUT2D eigenvalue weighted by molar-refractivity contribution is 7.18. The summed E-state index contributed by atoms with van der Waals surface area (Å²) in [7, 11) is 0. The van der Waals surface area contributed by atoms with Crippen LogP contribution in [0.3, 0.4) is 0 Å². The summed E-state index contributed by atoms with van der Waals surface area (Å²) < 4.78 is 0. The first kappa shape index (κ1) is 22.1. The molecule has 0 bridgehead atoms. The topological polar surface area (TPSA) is 61.4 Å². The predicted octanol–water partition coefficient (Wildman–Crippen LogP) is 5.06. The Morgan fingerprint density at radius 3 is 2.48 bits per heavy atom. The Balaban J connectivity index is 1.34. The van der Waals surface area contributed by atoms with E-state index in [1.54, 1.807) is 11.3 Å². The van der Waals surface area contributed by atoms with Crippen LogP contribution in [0.25, 0.3) is 10.2 Å². The van der Waals surface area contributed by atoms with Crippen LogP contribution in [0.2, 0.25) is 0 Å². The minimum absolute atomic E-state index is 0.0988. The van der Waals surface area contributed by atoms with E-state index in [-0.39, 0.29) is 6.03 Å². The highest BCUT2D eigenvalue weighted by Crippen LogP contribution is 2.35. The van der Waals surface area contributed by atoms with Crippen LogP contribution in [0.4, 0.5) is 10.6 Å². The SMILES string of the molecule is Cc1sc2nc(Cc3ccccc3)nc(N3CCN(C(=O)NC4CCCCC4)CC3)c2c1C. The van der Waals surface area contributed by atoms with Crippen molar-refractivity contribution in [3.05, 3.63) is 52.2 Å². The monoisotopic (exact) mass is 463 g/mol. The number of anilines is 1. The fraction of sp³-hybridized carbons (Fsp3) is 0.500. The van der Waals surface area contributed by atoms with Crippen LogP contribution in [0.1, 0.15) is 53.9 Å². The van der Waals surface area contributed by atoms with Crippen LogP contribution in [-0.2, 0) is 6.42 Å². The zero-order valence-corrected chi connectivity index (χ0v) is 20.5. The third kappa shape index (κ3) is 4.83. The zero-order chi connectivity index (χ0) is 22.8. The van der Waals surface area contributed by atoms with Crippen LogP contribution in [0, 0.1) is 13.8 Å². The normalized spacial score (nSPS) is 17.5. The van der Waals surface area contributed by atoms with Gasteiger partial charge in [0.1, 0.15) is 16.5 Å². The number of nitrogens with one attached hydrogen (secondary N) is 1. The van der Waals surface area contributed by atoms with Crippen molar-refractivity contribution in [2.24, 2.45) is 0 Å². The van der Waals surface area contributed by atoms with Gasteiger partial charge >= 0.3 is 6.03 Å². The number of aromatic nitrogens is 2. The first-order valence-corrected chi connectivity index (χ1v) is 13.0. The number of aryl methyl sites for hydroxylation is 2. The number of amides is 2. The van der Waals surface area contributed by atoms with Crippen molar-refractivity contribution in [1.82, 2.24) is 20.2 Å². The lowest BCUT2D eigenvalue weighted by Gasteiger charge is -2.37. The molecule has 1 aliphatic heterocycles.